The molecule has 28 heavy (non-hydrogen) atoms. The Hall–Kier alpha value is -1.24. The number of aliphatic hydroxyl groups is 1. The zero-order valence-electron chi connectivity index (χ0n) is 14.4. The van der Waals surface area contributed by atoms with Gasteiger partial charge in [-0.1, -0.05) is 23.2 Å². The first-order valence-electron chi connectivity index (χ1n) is 7.73. The lowest BCUT2D eigenvalue weighted by molar-refractivity contribution is -0.0469. The Balaban J connectivity index is 2.31. The van der Waals surface area contributed by atoms with E-state index in [2.05, 4.69) is 10.8 Å². The third kappa shape index (κ3) is 5.65. The van der Waals surface area contributed by atoms with Gasteiger partial charge in [-0.3, -0.25) is 9.63 Å². The summed E-state index contributed by atoms with van der Waals surface area (Å²) in [4.78, 5) is 17.4. The predicted octanol–water partition coefficient (Wildman–Crippen LogP) is 4.29. The van der Waals surface area contributed by atoms with Crippen molar-refractivity contribution in [1.29, 1.82) is 0 Å². The highest BCUT2D eigenvalue weighted by Gasteiger charge is 2.23. The van der Waals surface area contributed by atoms with Gasteiger partial charge in [0.2, 0.25) is 0 Å². The highest BCUT2D eigenvalue weighted by atomic mass is 127. The van der Waals surface area contributed by atoms with E-state index in [-0.39, 0.29) is 29.5 Å². The molecule has 0 aliphatic carbocycles. The van der Waals surface area contributed by atoms with Gasteiger partial charge in [0.05, 0.1) is 33.6 Å². The lowest BCUT2D eigenvalue weighted by Crippen LogP contribution is -2.31. The molecule has 152 valence electrons. The van der Waals surface area contributed by atoms with Crippen LogP contribution >= 0.6 is 45.8 Å². The van der Waals surface area contributed by atoms with Crippen LogP contribution in [0.5, 0.6) is 0 Å². The number of aliphatic hydroxyl groups excluding tert-OH is 1. The van der Waals surface area contributed by atoms with Crippen LogP contribution in [0.3, 0.4) is 0 Å². The van der Waals surface area contributed by atoms with Gasteiger partial charge in [-0.15, -0.1) is 0 Å². The molecule has 0 aliphatic rings. The Morgan fingerprint density at radius 3 is 2.57 bits per heavy atom. The van der Waals surface area contributed by atoms with Gasteiger partial charge in [0.25, 0.3) is 5.91 Å². The largest absolute Gasteiger partial charge is 0.394 e. The van der Waals surface area contributed by atoms with E-state index < -0.39 is 34.4 Å². The highest BCUT2D eigenvalue weighted by molar-refractivity contribution is 14.1. The number of methoxy groups -OCH3 is 1. The maximum Gasteiger partial charge on any atom is 0.277 e. The van der Waals surface area contributed by atoms with E-state index in [1.807, 2.05) is 22.6 Å². The fraction of sp³-hybridized carbons (Fsp3) is 0.235. The molecule has 2 rings (SSSR count). The normalized spacial score (nSPS) is 12.0. The van der Waals surface area contributed by atoms with Gasteiger partial charge in [0.1, 0.15) is 12.7 Å². The molecular formula is C17H15Cl2F2IN2O4. The summed E-state index contributed by atoms with van der Waals surface area (Å²) in [7, 11) is 1.36. The first-order valence-corrected chi connectivity index (χ1v) is 9.57. The van der Waals surface area contributed by atoms with Crippen molar-refractivity contribution >= 4 is 63.1 Å². The number of halogens is 5. The molecule has 0 bridgehead atoms. The van der Waals surface area contributed by atoms with E-state index in [0.717, 1.165) is 9.64 Å². The number of carbonyl (C=O) groups excluding carboxylic acids is 1. The number of nitrogens with one attached hydrogen (secondary N) is 2. The number of carbonyl (C=O) groups is 1. The molecule has 6 nitrogen and oxygen atoms in total. The first kappa shape index (κ1) is 23.0. The number of rotatable bonds is 8. The van der Waals surface area contributed by atoms with E-state index in [0.29, 0.717) is 0 Å². The van der Waals surface area contributed by atoms with Crippen LogP contribution in [0.2, 0.25) is 10.0 Å². The minimum absolute atomic E-state index is 0.165. The van der Waals surface area contributed by atoms with Crippen LogP contribution in [-0.2, 0) is 9.57 Å². The molecule has 1 atom stereocenters. The summed E-state index contributed by atoms with van der Waals surface area (Å²) in [6.07, 6.45) is -0.669. The van der Waals surface area contributed by atoms with Crippen LogP contribution in [0.25, 0.3) is 0 Å². The van der Waals surface area contributed by atoms with Crippen molar-refractivity contribution in [1.82, 2.24) is 5.48 Å². The Labute approximate surface area is 183 Å². The van der Waals surface area contributed by atoms with Crippen molar-refractivity contribution < 1.29 is 28.3 Å². The van der Waals surface area contributed by atoms with E-state index in [4.69, 9.17) is 37.9 Å². The number of benzene rings is 2. The minimum atomic E-state index is -1.35. The average Bonchev–Trinajstić information content (AvgIpc) is 2.67. The third-order valence-electron chi connectivity index (χ3n) is 3.57. The summed E-state index contributed by atoms with van der Waals surface area (Å²) >= 11 is 13.8. The summed E-state index contributed by atoms with van der Waals surface area (Å²) in [5, 5.41) is 11.3. The summed E-state index contributed by atoms with van der Waals surface area (Å²) in [6.45, 7) is -0.497. The van der Waals surface area contributed by atoms with Gasteiger partial charge in [-0.05, 0) is 46.9 Å². The monoisotopic (exact) mass is 546 g/mol. The van der Waals surface area contributed by atoms with Crippen LogP contribution in [0, 0.1) is 15.2 Å². The van der Waals surface area contributed by atoms with Gasteiger partial charge in [-0.25, -0.2) is 14.3 Å². The molecule has 0 saturated carbocycles. The first-order chi connectivity index (χ1) is 13.3. The number of anilines is 2. The molecule has 11 heteroatoms. The van der Waals surface area contributed by atoms with Crippen molar-refractivity contribution in [3.8, 4) is 0 Å². The Morgan fingerprint density at radius 1 is 1.25 bits per heavy atom. The molecule has 0 spiro atoms. The minimum Gasteiger partial charge on any atom is -0.394 e. The molecular weight excluding hydrogens is 532 g/mol. The maximum absolute atomic E-state index is 14.5. The summed E-state index contributed by atoms with van der Waals surface area (Å²) in [5.41, 5.74) is 1.56. The molecule has 1 unspecified atom stereocenters. The van der Waals surface area contributed by atoms with E-state index in [1.54, 1.807) is 18.2 Å². The summed E-state index contributed by atoms with van der Waals surface area (Å²) in [6, 6.07) is 5.82. The zero-order chi connectivity index (χ0) is 20.8. The molecule has 3 N–H and O–H groups in total. The van der Waals surface area contributed by atoms with Gasteiger partial charge in [0, 0.05) is 10.7 Å². The highest BCUT2D eigenvalue weighted by Crippen LogP contribution is 2.33. The Bertz CT molecular complexity index is 870. The van der Waals surface area contributed by atoms with Crippen molar-refractivity contribution in [2.45, 2.75) is 6.10 Å². The molecule has 0 saturated heterocycles. The van der Waals surface area contributed by atoms with Crippen molar-refractivity contribution in [3.05, 3.63) is 55.1 Å². The standard InChI is InChI=1S/C17H15Cl2F2IN2O4/c1-27-9(6-25)7-28-24-17(26)10-5-12(19)14(20)15(21)16(10)23-13-3-2-8(22)4-11(13)18/h2-5,9,23,25H,6-7H2,1H3,(H,24,26). The van der Waals surface area contributed by atoms with Crippen LogP contribution in [0.1, 0.15) is 10.4 Å². The molecule has 0 radical (unpaired) electrons. The lowest BCUT2D eigenvalue weighted by Gasteiger charge is -2.16. The Morgan fingerprint density at radius 2 is 1.96 bits per heavy atom. The van der Waals surface area contributed by atoms with Gasteiger partial charge < -0.3 is 15.2 Å². The quantitative estimate of drug-likeness (QED) is 0.261. The number of hydroxylamine groups is 1. The number of hydrogen-bond acceptors (Lipinski definition) is 5. The van der Waals surface area contributed by atoms with Crippen molar-refractivity contribution in [2.24, 2.45) is 0 Å². The van der Waals surface area contributed by atoms with E-state index in [9.17, 15) is 13.6 Å². The lowest BCUT2D eigenvalue weighted by atomic mass is 10.1. The van der Waals surface area contributed by atoms with Crippen LogP contribution in [0.15, 0.2) is 24.3 Å². The number of hydrogen-bond donors (Lipinski definition) is 3. The van der Waals surface area contributed by atoms with Crippen molar-refractivity contribution in [2.75, 3.05) is 25.6 Å². The van der Waals surface area contributed by atoms with Gasteiger partial charge in [0.15, 0.2) is 11.6 Å². The van der Waals surface area contributed by atoms with E-state index >= 15 is 0 Å². The predicted molar refractivity (Wildman–Crippen MR) is 110 cm³/mol. The molecule has 2 aromatic rings. The molecule has 0 aromatic heterocycles. The van der Waals surface area contributed by atoms with Gasteiger partial charge >= 0.3 is 0 Å². The second-order valence-corrected chi connectivity index (χ2v) is 7.50. The third-order valence-corrected chi connectivity index (χ3v) is 4.83. The maximum atomic E-state index is 14.5. The Kier molecular flexibility index (Phi) is 8.65. The van der Waals surface area contributed by atoms with Gasteiger partial charge in [-0.2, -0.15) is 0 Å². The molecule has 0 aliphatic heterocycles. The zero-order valence-corrected chi connectivity index (χ0v) is 18.0. The van der Waals surface area contributed by atoms with Crippen LogP contribution in [-0.4, -0.2) is 37.4 Å². The topological polar surface area (TPSA) is 79.8 Å². The molecule has 0 heterocycles. The SMILES string of the molecule is COC(CO)CONC(=O)c1cc(Cl)c(F)c(F)c1Nc1ccc(I)cc1Cl. The van der Waals surface area contributed by atoms with Crippen LogP contribution < -0.4 is 10.8 Å². The summed E-state index contributed by atoms with van der Waals surface area (Å²) < 4.78 is 34.2. The number of ether oxygens (including phenoxy) is 1. The second-order valence-electron chi connectivity index (χ2n) is 5.44. The van der Waals surface area contributed by atoms with Crippen molar-refractivity contribution in [3.63, 3.8) is 0 Å². The second kappa shape index (κ2) is 10.5. The summed E-state index contributed by atoms with van der Waals surface area (Å²) in [5.74, 6) is -3.56. The van der Waals surface area contributed by atoms with Crippen LogP contribution in [0.4, 0.5) is 20.2 Å². The molecule has 0 fully saturated rings. The smallest absolute Gasteiger partial charge is 0.277 e. The average molecular weight is 547 g/mol. The molecule has 2 aromatic carbocycles. The van der Waals surface area contributed by atoms with E-state index in [1.165, 1.54) is 7.11 Å². The fourth-order valence-corrected chi connectivity index (χ4v) is 3.17. The molecule has 1 amide bonds. The number of amides is 1. The fourth-order valence-electron chi connectivity index (χ4n) is 2.07.